The fourth-order valence-corrected chi connectivity index (χ4v) is 3.29. The number of hydrogen-bond donors (Lipinski definition) is 0. The maximum atomic E-state index is 7.13. The van der Waals surface area contributed by atoms with Gasteiger partial charge in [-0.05, 0) is 61.7 Å². The molecular weight excluding hydrogens is 481 g/mol. The molecule has 0 atom stereocenters. The summed E-state index contributed by atoms with van der Waals surface area (Å²) in [5.41, 5.74) is 7.59. The Labute approximate surface area is 211 Å². The smallest absolute Gasteiger partial charge is 0.753 e. The van der Waals surface area contributed by atoms with Gasteiger partial charge in [-0.25, -0.2) is 0 Å². The molecule has 32 heavy (non-hydrogen) atoms. The molecule has 0 fully saturated rings. The van der Waals surface area contributed by atoms with Gasteiger partial charge >= 0.3 is 16.8 Å². The minimum absolute atomic E-state index is 0. The van der Waals surface area contributed by atoms with Gasteiger partial charge in [0.25, 0.3) is 0 Å². The van der Waals surface area contributed by atoms with E-state index in [0.29, 0.717) is 0 Å². The van der Waals surface area contributed by atoms with E-state index in [4.69, 9.17) is 10.8 Å². The molecule has 1 radical (unpaired) electrons. The number of benzene rings is 1. The summed E-state index contributed by atoms with van der Waals surface area (Å²) < 4.78 is 0. The number of pyridine rings is 2. The van der Waals surface area contributed by atoms with E-state index in [1.165, 1.54) is 32.6 Å². The average Bonchev–Trinajstić information content (AvgIpc) is 2.73. The van der Waals surface area contributed by atoms with Crippen molar-refractivity contribution < 1.29 is 16.8 Å². The standard InChI is InChI=1S/C22H25N3.2CNS.Co/c1-17-12-18(2)22(19(3)13-17)16-25(14-20-8-4-6-10-23-20)15-21-9-5-7-11-24-21;2*2-1-3;/h4-13H,14-16H2,1-3H3;;;/q;2*-1;+2. The number of rotatable bonds is 6. The van der Waals surface area contributed by atoms with Gasteiger partial charge in [0, 0.05) is 32.0 Å². The Hall–Kier alpha value is -2.41. The molecule has 2 aromatic heterocycles. The Morgan fingerprint density at radius 2 is 1.19 bits per heavy atom. The van der Waals surface area contributed by atoms with Gasteiger partial charge in [-0.3, -0.25) is 14.9 Å². The van der Waals surface area contributed by atoms with Crippen LogP contribution in [0.25, 0.3) is 10.8 Å². The molecule has 0 aliphatic heterocycles. The number of hydrogen-bond acceptors (Lipinski definition) is 5. The van der Waals surface area contributed by atoms with E-state index in [1.54, 1.807) is 0 Å². The second-order valence-electron chi connectivity index (χ2n) is 6.85. The maximum Gasteiger partial charge on any atom is 2.00 e. The van der Waals surface area contributed by atoms with E-state index in [-0.39, 0.29) is 16.8 Å². The molecule has 0 aliphatic carbocycles. The van der Waals surface area contributed by atoms with Crippen molar-refractivity contribution in [3.05, 3.63) is 105 Å². The number of nitrogens with zero attached hydrogens (tertiary/aromatic N) is 5. The van der Waals surface area contributed by atoms with Crippen LogP contribution in [-0.2, 0) is 36.4 Å². The summed E-state index contributed by atoms with van der Waals surface area (Å²) in [7, 11) is 0. The first-order valence-corrected chi connectivity index (χ1v) is 10.4. The van der Waals surface area contributed by atoms with Crippen LogP contribution >= 0.6 is 24.4 Å². The summed E-state index contributed by atoms with van der Waals surface area (Å²) in [6.07, 6.45) is 3.72. The zero-order chi connectivity index (χ0) is 23.1. The van der Waals surface area contributed by atoms with Crippen LogP contribution in [-0.4, -0.2) is 25.2 Å². The number of thiocarbonyl (C=S) groups is 2. The topological polar surface area (TPSA) is 73.6 Å². The van der Waals surface area contributed by atoms with E-state index < -0.39 is 0 Å². The third-order valence-electron chi connectivity index (χ3n) is 4.45. The molecule has 0 N–H and O–H groups in total. The van der Waals surface area contributed by atoms with Gasteiger partial charge in [-0.15, -0.1) is 0 Å². The van der Waals surface area contributed by atoms with E-state index in [0.717, 1.165) is 31.0 Å². The molecule has 0 unspecified atom stereocenters. The van der Waals surface area contributed by atoms with Gasteiger partial charge in [-0.1, -0.05) is 54.3 Å². The Morgan fingerprint density at radius 1 is 0.781 bits per heavy atom. The summed E-state index contributed by atoms with van der Waals surface area (Å²) >= 11 is 7.40. The Bertz CT molecular complexity index is 925. The quantitative estimate of drug-likeness (QED) is 0.307. The van der Waals surface area contributed by atoms with Gasteiger partial charge in [-0.2, -0.15) is 10.3 Å². The zero-order valence-electron chi connectivity index (χ0n) is 18.3. The summed E-state index contributed by atoms with van der Waals surface area (Å²) in [4.78, 5) is 11.4. The molecule has 8 heteroatoms. The fraction of sp³-hybridized carbons (Fsp3) is 0.250. The van der Waals surface area contributed by atoms with Crippen molar-refractivity contribution in [1.82, 2.24) is 14.9 Å². The molecule has 3 rings (SSSR count). The largest absolute Gasteiger partial charge is 2.00 e. The second-order valence-corrected chi connectivity index (χ2v) is 7.21. The van der Waals surface area contributed by atoms with Crippen molar-refractivity contribution >= 4 is 34.8 Å². The van der Waals surface area contributed by atoms with Gasteiger partial charge in [0.2, 0.25) is 0 Å². The Morgan fingerprint density at radius 3 is 1.53 bits per heavy atom. The Balaban J connectivity index is 0.00000124. The minimum Gasteiger partial charge on any atom is -0.753 e. The molecule has 5 nitrogen and oxygen atoms in total. The average molecular weight is 507 g/mol. The molecule has 0 spiro atoms. The van der Waals surface area contributed by atoms with Crippen LogP contribution in [0, 0.1) is 20.8 Å². The molecule has 0 aliphatic rings. The molecule has 0 saturated carbocycles. The monoisotopic (exact) mass is 506 g/mol. The van der Waals surface area contributed by atoms with Gasteiger partial charge < -0.3 is 10.8 Å². The van der Waals surface area contributed by atoms with Crippen LogP contribution in [0.4, 0.5) is 0 Å². The van der Waals surface area contributed by atoms with E-state index in [1.807, 2.05) is 36.7 Å². The Kier molecular flexibility index (Phi) is 15.9. The van der Waals surface area contributed by atoms with Crippen molar-refractivity contribution in [3.8, 4) is 0 Å². The minimum atomic E-state index is 0. The molecule has 1 aromatic carbocycles. The zero-order valence-corrected chi connectivity index (χ0v) is 21.0. The molecule has 3 aromatic rings. The molecule has 0 amide bonds. The van der Waals surface area contributed by atoms with Crippen molar-refractivity contribution in [1.29, 1.82) is 0 Å². The van der Waals surface area contributed by atoms with E-state index in [9.17, 15) is 0 Å². The van der Waals surface area contributed by atoms with Crippen molar-refractivity contribution in [2.75, 3.05) is 0 Å². The maximum absolute atomic E-state index is 7.13. The summed E-state index contributed by atoms with van der Waals surface area (Å²) in [5, 5.41) is 16.9. The van der Waals surface area contributed by atoms with Gasteiger partial charge in [0.1, 0.15) is 0 Å². The van der Waals surface area contributed by atoms with E-state index in [2.05, 4.69) is 84.3 Å². The van der Waals surface area contributed by atoms with Crippen LogP contribution in [0.2, 0.25) is 0 Å². The predicted octanol–water partition coefficient (Wildman–Crippen LogP) is 5.92. The first kappa shape index (κ1) is 29.6. The van der Waals surface area contributed by atoms with Crippen molar-refractivity contribution in [2.24, 2.45) is 0 Å². The first-order chi connectivity index (χ1) is 14.9. The third-order valence-corrected chi connectivity index (χ3v) is 4.45. The summed E-state index contributed by atoms with van der Waals surface area (Å²) in [6, 6.07) is 16.7. The molecule has 0 bridgehead atoms. The van der Waals surface area contributed by atoms with Crippen LogP contribution in [0.5, 0.6) is 0 Å². The fourth-order valence-electron chi connectivity index (χ4n) is 3.29. The number of isothiocyanates is 2. The van der Waals surface area contributed by atoms with Crippen LogP contribution in [0.15, 0.2) is 60.9 Å². The number of aromatic nitrogens is 2. The molecule has 167 valence electrons. The molecular formula is C24H25CoN5S2. The van der Waals surface area contributed by atoms with Crippen LogP contribution in [0.3, 0.4) is 0 Å². The van der Waals surface area contributed by atoms with Crippen molar-refractivity contribution in [2.45, 2.75) is 40.4 Å². The first-order valence-electron chi connectivity index (χ1n) is 9.56. The second kappa shape index (κ2) is 17.2. The SMILES string of the molecule is Cc1cc(C)c(CN(Cc2ccccn2)Cc2ccccn2)c(C)c1.[Co+2].[N-]=C=S.[N-]=C=S. The van der Waals surface area contributed by atoms with Gasteiger partial charge in [0.05, 0.1) is 11.4 Å². The van der Waals surface area contributed by atoms with E-state index >= 15 is 0 Å². The van der Waals surface area contributed by atoms with Crippen LogP contribution < -0.4 is 0 Å². The van der Waals surface area contributed by atoms with Gasteiger partial charge in [0.15, 0.2) is 0 Å². The van der Waals surface area contributed by atoms with Crippen LogP contribution in [0.1, 0.15) is 33.6 Å². The summed E-state index contributed by atoms with van der Waals surface area (Å²) in [6.45, 7) is 9.08. The third kappa shape index (κ3) is 11.3. The summed E-state index contributed by atoms with van der Waals surface area (Å²) in [5.74, 6) is 0. The number of aryl methyl sites for hydroxylation is 3. The molecule has 0 saturated heterocycles. The normalized spacial score (nSPS) is 9.12. The van der Waals surface area contributed by atoms with Crippen molar-refractivity contribution in [3.63, 3.8) is 0 Å². The predicted molar refractivity (Wildman–Crippen MR) is 134 cm³/mol. The molecule has 2 heterocycles.